The Kier molecular flexibility index (Phi) is 9.50. The number of nitrogens with zero attached hydrogens (tertiary/aromatic N) is 1. The fraction of sp³-hybridized carbons (Fsp3) is 0.842. The number of carbonyl (C=O) groups excluding carboxylic acids is 2. The Balaban J connectivity index is 0.000000275. The van der Waals surface area contributed by atoms with Crippen molar-refractivity contribution in [2.75, 3.05) is 32.7 Å². The summed E-state index contributed by atoms with van der Waals surface area (Å²) in [6, 6.07) is 0. The third-order valence-corrected chi connectivity index (χ3v) is 4.88. The Morgan fingerprint density at radius 3 is 2.29 bits per heavy atom. The number of carbonyl (C=O) groups is 3. The third kappa shape index (κ3) is 8.65. The van der Waals surface area contributed by atoms with Gasteiger partial charge in [-0.05, 0) is 58.9 Å². The van der Waals surface area contributed by atoms with E-state index in [0.717, 1.165) is 32.0 Å². The van der Waals surface area contributed by atoms with Gasteiger partial charge in [-0.1, -0.05) is 0 Å². The van der Waals surface area contributed by atoms with Gasteiger partial charge in [-0.2, -0.15) is 0 Å². The highest BCUT2D eigenvalue weighted by molar-refractivity contribution is 5.85. The average Bonchev–Trinajstić information content (AvgIpc) is 3.04. The van der Waals surface area contributed by atoms with Crippen molar-refractivity contribution < 1.29 is 24.2 Å². The molecule has 9 heteroatoms. The van der Waals surface area contributed by atoms with Gasteiger partial charge in [-0.15, -0.1) is 12.4 Å². The molecule has 0 aromatic heterocycles. The predicted molar refractivity (Wildman–Crippen MR) is 108 cm³/mol. The largest absolute Gasteiger partial charge is 0.481 e. The van der Waals surface area contributed by atoms with Gasteiger partial charge < -0.3 is 25.4 Å². The Bertz CT molecular complexity index is 542. The molecule has 2 heterocycles. The summed E-state index contributed by atoms with van der Waals surface area (Å²) in [4.78, 5) is 35.1. The maximum atomic E-state index is 11.5. The summed E-state index contributed by atoms with van der Waals surface area (Å²) in [5, 5.41) is 15.0. The van der Waals surface area contributed by atoms with Crippen molar-refractivity contribution in [3.05, 3.63) is 0 Å². The zero-order valence-electron chi connectivity index (χ0n) is 17.0. The van der Waals surface area contributed by atoms with Crippen LogP contribution >= 0.6 is 12.4 Å². The van der Waals surface area contributed by atoms with Gasteiger partial charge >= 0.3 is 12.1 Å². The van der Waals surface area contributed by atoms with E-state index in [1.807, 2.05) is 0 Å². The van der Waals surface area contributed by atoms with Crippen molar-refractivity contribution in [3.63, 3.8) is 0 Å². The third-order valence-electron chi connectivity index (χ3n) is 4.88. The lowest BCUT2D eigenvalue weighted by Gasteiger charge is -2.24. The number of aliphatic carboxylic acids is 1. The lowest BCUT2D eigenvalue weighted by atomic mass is 10.1. The maximum absolute atomic E-state index is 11.5. The molecular weight excluding hydrogens is 386 g/mol. The van der Waals surface area contributed by atoms with E-state index in [0.29, 0.717) is 13.0 Å². The highest BCUT2D eigenvalue weighted by Crippen LogP contribution is 2.27. The van der Waals surface area contributed by atoms with Crippen molar-refractivity contribution in [1.82, 2.24) is 15.5 Å². The van der Waals surface area contributed by atoms with Crippen LogP contribution in [0.3, 0.4) is 0 Å². The molecule has 3 aliphatic rings. The fourth-order valence-corrected chi connectivity index (χ4v) is 3.04. The monoisotopic (exact) mass is 419 g/mol. The minimum atomic E-state index is -0.846. The predicted octanol–water partition coefficient (Wildman–Crippen LogP) is 1.87. The van der Waals surface area contributed by atoms with Crippen molar-refractivity contribution >= 4 is 30.4 Å². The molecule has 3 fully saturated rings. The maximum Gasteiger partial charge on any atom is 0.410 e. The normalized spacial score (nSPS) is 23.9. The number of amides is 2. The number of nitrogens with one attached hydrogen (secondary N) is 2. The minimum Gasteiger partial charge on any atom is -0.481 e. The van der Waals surface area contributed by atoms with Crippen LogP contribution in [0.25, 0.3) is 0 Å². The zero-order chi connectivity index (χ0) is 20.0. The lowest BCUT2D eigenvalue weighted by Crippen LogP contribution is -2.35. The molecule has 0 aromatic rings. The van der Waals surface area contributed by atoms with Crippen molar-refractivity contribution in [2.45, 2.75) is 52.1 Å². The lowest BCUT2D eigenvalue weighted by molar-refractivity contribution is -0.141. The number of rotatable bonds is 4. The van der Waals surface area contributed by atoms with E-state index in [4.69, 9.17) is 9.84 Å². The first-order valence-corrected chi connectivity index (χ1v) is 9.85. The summed E-state index contributed by atoms with van der Waals surface area (Å²) in [6.07, 6.45) is 3.71. The van der Waals surface area contributed by atoms with Gasteiger partial charge in [0, 0.05) is 26.2 Å². The number of halogens is 1. The van der Waals surface area contributed by atoms with Crippen LogP contribution in [0.1, 0.15) is 46.5 Å². The van der Waals surface area contributed by atoms with Crippen molar-refractivity contribution in [2.24, 2.45) is 17.8 Å². The van der Waals surface area contributed by atoms with Gasteiger partial charge in [-0.3, -0.25) is 9.59 Å². The first-order chi connectivity index (χ1) is 12.7. The number of hydrogen-bond acceptors (Lipinski definition) is 5. The standard InChI is InChI=1S/C10H17NO4.C9H16N2O.ClH/c1-10(2,3)15-9(14)11-5-4-7(6-11)8(12)13;12-9(8-3-4-10-6-8)11-5-7-1-2-7;/h7H,4-6H2,1-3H3,(H,12,13);7-8,10H,1-6H2,(H,11,12);1H/t7-;8-;/m00./s1. The summed E-state index contributed by atoms with van der Waals surface area (Å²) in [5.41, 5.74) is -0.529. The summed E-state index contributed by atoms with van der Waals surface area (Å²) in [6.45, 7) is 8.87. The van der Waals surface area contributed by atoms with E-state index >= 15 is 0 Å². The molecule has 0 aromatic carbocycles. The topological polar surface area (TPSA) is 108 Å². The quantitative estimate of drug-likeness (QED) is 0.642. The van der Waals surface area contributed by atoms with Crippen LogP contribution in [0.15, 0.2) is 0 Å². The molecule has 1 saturated carbocycles. The molecule has 8 nitrogen and oxygen atoms in total. The van der Waals surface area contributed by atoms with Crippen LogP contribution in [-0.2, 0) is 14.3 Å². The minimum absolute atomic E-state index is 0. The second-order valence-corrected chi connectivity index (χ2v) is 8.63. The Morgan fingerprint density at radius 2 is 1.82 bits per heavy atom. The van der Waals surface area contributed by atoms with Crippen LogP contribution in [0.4, 0.5) is 4.79 Å². The number of likely N-dealkylation sites (tertiary alicyclic amines) is 1. The molecule has 162 valence electrons. The highest BCUT2D eigenvalue weighted by Gasteiger charge is 2.33. The van der Waals surface area contributed by atoms with Crippen molar-refractivity contribution in [3.8, 4) is 0 Å². The van der Waals surface area contributed by atoms with E-state index in [1.54, 1.807) is 20.8 Å². The molecule has 0 spiro atoms. The summed E-state index contributed by atoms with van der Waals surface area (Å²) in [5.74, 6) is -0.00228. The van der Waals surface area contributed by atoms with Crippen LogP contribution < -0.4 is 10.6 Å². The van der Waals surface area contributed by atoms with E-state index in [9.17, 15) is 14.4 Å². The SMILES string of the molecule is CC(C)(C)OC(=O)N1CC[C@H](C(=O)O)C1.Cl.O=C(NCC1CC1)[C@H]1CCNC1. The summed E-state index contributed by atoms with van der Waals surface area (Å²) in [7, 11) is 0. The van der Waals surface area contributed by atoms with E-state index in [2.05, 4.69) is 10.6 Å². The highest BCUT2D eigenvalue weighted by atomic mass is 35.5. The summed E-state index contributed by atoms with van der Waals surface area (Å²) >= 11 is 0. The zero-order valence-corrected chi connectivity index (χ0v) is 17.8. The molecule has 0 unspecified atom stereocenters. The van der Waals surface area contributed by atoms with Gasteiger partial charge in [0.25, 0.3) is 0 Å². The van der Waals surface area contributed by atoms with Gasteiger partial charge in [0.2, 0.25) is 5.91 Å². The Labute approximate surface area is 173 Å². The molecule has 3 rings (SSSR count). The van der Waals surface area contributed by atoms with E-state index < -0.39 is 23.6 Å². The van der Waals surface area contributed by atoms with Gasteiger partial charge in [0.05, 0.1) is 11.8 Å². The first kappa shape index (κ1) is 24.5. The molecule has 2 amide bonds. The van der Waals surface area contributed by atoms with Gasteiger partial charge in [0.15, 0.2) is 0 Å². The Morgan fingerprint density at radius 1 is 1.14 bits per heavy atom. The molecular formula is C19H34ClN3O5. The van der Waals surface area contributed by atoms with Gasteiger partial charge in [0.1, 0.15) is 5.60 Å². The number of carboxylic acid groups (broad SMARTS) is 1. The molecule has 2 aliphatic heterocycles. The fourth-order valence-electron chi connectivity index (χ4n) is 3.04. The van der Waals surface area contributed by atoms with E-state index in [1.165, 1.54) is 17.7 Å². The number of carboxylic acids is 1. The second kappa shape index (κ2) is 10.9. The molecule has 0 bridgehead atoms. The molecule has 1 aliphatic carbocycles. The van der Waals surface area contributed by atoms with E-state index in [-0.39, 0.29) is 30.8 Å². The molecule has 2 atom stereocenters. The number of hydrogen-bond donors (Lipinski definition) is 3. The smallest absolute Gasteiger partial charge is 0.410 e. The number of ether oxygens (including phenoxy) is 1. The Hall–Kier alpha value is -1.54. The van der Waals surface area contributed by atoms with Crippen LogP contribution in [-0.4, -0.2) is 66.3 Å². The molecule has 0 radical (unpaired) electrons. The average molecular weight is 420 g/mol. The summed E-state index contributed by atoms with van der Waals surface area (Å²) < 4.78 is 5.14. The van der Waals surface area contributed by atoms with Crippen LogP contribution in [0.5, 0.6) is 0 Å². The first-order valence-electron chi connectivity index (χ1n) is 9.85. The van der Waals surface area contributed by atoms with Crippen molar-refractivity contribution in [1.29, 1.82) is 0 Å². The van der Waals surface area contributed by atoms with Crippen LogP contribution in [0, 0.1) is 17.8 Å². The van der Waals surface area contributed by atoms with Crippen LogP contribution in [0.2, 0.25) is 0 Å². The van der Waals surface area contributed by atoms with Gasteiger partial charge in [-0.25, -0.2) is 4.79 Å². The molecule has 2 saturated heterocycles. The molecule has 28 heavy (non-hydrogen) atoms. The second-order valence-electron chi connectivity index (χ2n) is 8.63. The molecule has 3 N–H and O–H groups in total.